The van der Waals surface area contributed by atoms with Gasteiger partial charge in [-0.15, -0.1) is 0 Å². The molecule has 20 N–H and O–H groups in total. The van der Waals surface area contributed by atoms with Crippen LogP contribution in [-0.4, -0.2) is 234 Å². The van der Waals surface area contributed by atoms with E-state index in [2.05, 4.69) is 27.7 Å². The molecule has 0 fully saturated rings. The molecule has 78 heavy (non-hydrogen) atoms. The Morgan fingerprint density at radius 3 is 0.244 bits per heavy atom. The zero-order valence-electron chi connectivity index (χ0n) is 55.2. The number of aliphatic hydroxyl groups is 20. The first kappa shape index (κ1) is 171. The Morgan fingerprint density at radius 2 is 0.244 bits per heavy atom. The summed E-state index contributed by atoms with van der Waals surface area (Å²) in [5.74, 6) is 0. The van der Waals surface area contributed by atoms with Gasteiger partial charge in [0.05, 0.1) is 0 Å². The van der Waals surface area contributed by atoms with Crippen molar-refractivity contribution in [1.29, 1.82) is 0 Å². The first-order valence-corrected chi connectivity index (χ1v) is 25.7. The number of aliphatic hydroxyl groups excluding tert-OH is 20. The van der Waals surface area contributed by atoms with Gasteiger partial charge in [0.1, 0.15) is 0 Å². The van der Waals surface area contributed by atoms with E-state index in [1.807, 2.05) is 27.7 Å². The van der Waals surface area contributed by atoms with Crippen molar-refractivity contribution < 1.29 is 232 Å². The summed E-state index contributed by atoms with van der Waals surface area (Å²) in [4.78, 5) is 0. The molecule has 0 aromatic rings. The van der Waals surface area contributed by atoms with Crippen LogP contribution in [0.2, 0.25) is 0 Å². The molecule has 0 aromatic carbocycles. The summed E-state index contributed by atoms with van der Waals surface area (Å²) < 4.78 is 0. The van der Waals surface area contributed by atoms with E-state index in [4.69, 9.17) is 102 Å². The van der Waals surface area contributed by atoms with Gasteiger partial charge >= 0.3 is 0 Å². The summed E-state index contributed by atoms with van der Waals surface area (Å²) in [6.45, 7) is 40.1. The Balaban J connectivity index is -0.0000000152. The third-order valence-corrected chi connectivity index (χ3v) is 2.94. The van der Waals surface area contributed by atoms with E-state index >= 15 is 0 Å². The first-order valence-electron chi connectivity index (χ1n) is 25.7. The van der Waals surface area contributed by atoms with Gasteiger partial charge in [0.2, 0.25) is 0 Å². The van der Waals surface area contributed by atoms with Crippen molar-refractivity contribution >= 4 is 0 Å². The van der Waals surface area contributed by atoms with Crippen molar-refractivity contribution in [2.45, 2.75) is 240 Å². The largest absolute Gasteiger partial charge is 0.400 e. The third kappa shape index (κ3) is 2040. The molecule has 0 rings (SSSR count). The molecule has 0 aromatic heterocycles. The molecule has 20 nitrogen and oxygen atoms in total. The third-order valence-electron chi connectivity index (χ3n) is 2.94. The fourth-order valence-electron chi connectivity index (χ4n) is 0.632. The standard InChI is InChI=1S/4C4H10O.8C3H8O.4C2H6O.4CH4O.6Ti/c4*1-2-3-4-5;4*1-3(2)4;4*1-2-3-4;4*1-2-3;4*1-2;;;;;;/h4*5H,2-4H2,1H3;4*3-4H,1-2H3;4*4H,2-3H2,1H3;4*3H,2H2,1H3;4*2H,1H3;;;;;;. The van der Waals surface area contributed by atoms with Gasteiger partial charge in [-0.05, 0) is 134 Å². The van der Waals surface area contributed by atoms with Crippen LogP contribution >= 0.6 is 0 Å². The van der Waals surface area contributed by atoms with Crippen LogP contribution in [-0.2, 0) is 130 Å². The quantitative estimate of drug-likeness (QED) is 0.118. The topological polar surface area (TPSA) is 405 Å². The molecule has 0 bridgehead atoms. The van der Waals surface area contributed by atoms with Crippen LogP contribution in [0.3, 0.4) is 0 Å². The Labute approximate surface area is 574 Å². The Kier molecular flexibility index (Phi) is 717. The maximum absolute atomic E-state index is 8.07. The minimum absolute atomic E-state index is 0. The van der Waals surface area contributed by atoms with E-state index in [1.54, 1.807) is 83.1 Å². The second kappa shape index (κ2) is 326. The van der Waals surface area contributed by atoms with Crippen LogP contribution < -0.4 is 0 Å². The van der Waals surface area contributed by atoms with E-state index in [1.165, 1.54) is 0 Å². The molecule has 0 atom stereocenters. The zero-order chi connectivity index (χ0) is 63.3. The molecule has 496 valence electrons. The van der Waals surface area contributed by atoms with Crippen LogP contribution in [0.25, 0.3) is 0 Å². The molecule has 0 aliphatic rings. The molecular weight excluding hydrogens is 1230 g/mol. The summed E-state index contributed by atoms with van der Waals surface area (Å²) in [5.41, 5.74) is 0. The molecule has 0 amide bonds. The average Bonchev–Trinajstić information content (AvgIpc) is 3.34. The summed E-state index contributed by atoms with van der Waals surface area (Å²) in [6, 6.07) is 0. The van der Waals surface area contributed by atoms with Gasteiger partial charge in [0.25, 0.3) is 0 Å². The molecule has 26 heteroatoms. The second-order valence-electron chi connectivity index (χ2n) is 12.8. The van der Waals surface area contributed by atoms with E-state index < -0.39 is 0 Å². The zero-order valence-corrected chi connectivity index (χ0v) is 64.6. The van der Waals surface area contributed by atoms with Crippen molar-refractivity contribution in [1.82, 2.24) is 0 Å². The van der Waals surface area contributed by atoms with Crippen LogP contribution in [0.1, 0.15) is 216 Å². The van der Waals surface area contributed by atoms with Crippen LogP contribution in [0.4, 0.5) is 0 Å². The van der Waals surface area contributed by atoms with E-state index in [0.717, 1.165) is 105 Å². The van der Waals surface area contributed by atoms with Gasteiger partial charge in [0, 0.05) is 262 Å². The molecular formula is C52H144O20Ti6. The fraction of sp³-hybridized carbons (Fsp3) is 1.00. The van der Waals surface area contributed by atoms with Crippen molar-refractivity contribution in [2.24, 2.45) is 0 Å². The number of unbranched alkanes of at least 4 members (excludes halogenated alkanes) is 4. The number of hydrogen-bond acceptors (Lipinski definition) is 20. The van der Waals surface area contributed by atoms with Gasteiger partial charge in [-0.2, -0.15) is 0 Å². The summed E-state index contributed by atoms with van der Waals surface area (Å²) in [5, 5.41) is 154. The summed E-state index contributed by atoms with van der Waals surface area (Å²) >= 11 is 0. The van der Waals surface area contributed by atoms with Gasteiger partial charge in [-0.1, -0.05) is 81.1 Å². The molecule has 0 heterocycles. The van der Waals surface area contributed by atoms with Crippen molar-refractivity contribution in [3.05, 3.63) is 0 Å². The average molecular weight is 1380 g/mol. The monoisotopic (exact) mass is 1380 g/mol. The SMILES string of the molecule is CC(C)O.CC(C)O.CC(C)O.CC(C)O.CCCCO.CCCCO.CCCCO.CCCCO.CCCO.CCCO.CCCO.CCCO.CCO.CCO.CCO.CCO.CO.CO.CO.CO.[Ti].[Ti].[Ti].[Ti].[Ti].[Ti]. The maximum Gasteiger partial charge on any atom is 0.0483 e. The molecule has 0 saturated carbocycles. The van der Waals surface area contributed by atoms with E-state index in [9.17, 15) is 0 Å². The minimum Gasteiger partial charge on any atom is -0.400 e. The molecule has 0 unspecified atom stereocenters. The van der Waals surface area contributed by atoms with Crippen LogP contribution in [0, 0.1) is 0 Å². The predicted molar refractivity (Wildman–Crippen MR) is 311 cm³/mol. The first-order chi connectivity index (χ1) is 33.9. The molecule has 0 saturated heterocycles. The van der Waals surface area contributed by atoms with Gasteiger partial charge in [0.15, 0.2) is 0 Å². The predicted octanol–water partition coefficient (Wildman–Crippen LogP) is 4.63. The van der Waals surface area contributed by atoms with Gasteiger partial charge < -0.3 is 102 Å². The van der Waals surface area contributed by atoms with Crippen molar-refractivity contribution in [3.8, 4) is 0 Å². The molecule has 0 aliphatic carbocycles. The smallest absolute Gasteiger partial charge is 0.0483 e. The van der Waals surface area contributed by atoms with Crippen LogP contribution in [0.5, 0.6) is 0 Å². The van der Waals surface area contributed by atoms with Crippen molar-refractivity contribution in [3.63, 3.8) is 0 Å². The molecule has 0 spiro atoms. The van der Waals surface area contributed by atoms with Crippen molar-refractivity contribution in [2.75, 3.05) is 108 Å². The Hall–Kier alpha value is 3.49. The fourth-order valence-corrected chi connectivity index (χ4v) is 0.632. The number of rotatable bonds is 12. The Morgan fingerprint density at radius 1 is 0.192 bits per heavy atom. The number of hydrogen-bond donors (Lipinski definition) is 20. The van der Waals surface area contributed by atoms with E-state index in [-0.39, 0.29) is 181 Å². The van der Waals surface area contributed by atoms with Gasteiger partial charge in [-0.25, -0.2) is 0 Å². The summed E-state index contributed by atoms with van der Waals surface area (Å²) in [7, 11) is 4.00. The summed E-state index contributed by atoms with van der Waals surface area (Å²) in [6.07, 6.45) is 11.0. The van der Waals surface area contributed by atoms with Gasteiger partial charge in [-0.3, -0.25) is 0 Å². The normalized spacial score (nSPS) is 6.77. The van der Waals surface area contributed by atoms with Crippen LogP contribution in [0.15, 0.2) is 0 Å². The second-order valence-corrected chi connectivity index (χ2v) is 12.8. The maximum atomic E-state index is 8.07. The molecule has 0 radical (unpaired) electrons. The Bertz CT molecular complexity index is 357. The van der Waals surface area contributed by atoms with E-state index in [0.29, 0.717) is 52.9 Å². The minimum atomic E-state index is -0.167. The molecule has 0 aliphatic heterocycles.